The van der Waals surface area contributed by atoms with Crippen molar-refractivity contribution in [1.29, 1.82) is 0 Å². The van der Waals surface area contributed by atoms with Crippen LogP contribution in [0.15, 0.2) is 64.7 Å². The van der Waals surface area contributed by atoms with Gasteiger partial charge in [-0.1, -0.05) is 30.3 Å². The van der Waals surface area contributed by atoms with Gasteiger partial charge in [0.25, 0.3) is 5.91 Å². The Hall–Kier alpha value is -4.20. The fourth-order valence-electron chi connectivity index (χ4n) is 3.36. The van der Waals surface area contributed by atoms with Crippen molar-refractivity contribution in [1.82, 2.24) is 10.2 Å². The molecule has 2 aromatic carbocycles. The minimum Gasteiger partial charge on any atom is -0.478 e. The number of hydrogen-bond acceptors (Lipinski definition) is 4. The van der Waals surface area contributed by atoms with Crippen LogP contribution in [-0.4, -0.2) is 27.9 Å². The number of carbonyl (C=O) groups is 3. The summed E-state index contributed by atoms with van der Waals surface area (Å²) >= 11 is 0. The van der Waals surface area contributed by atoms with Gasteiger partial charge in [0.2, 0.25) is 0 Å². The highest BCUT2D eigenvalue weighted by molar-refractivity contribution is 6.13. The summed E-state index contributed by atoms with van der Waals surface area (Å²) in [5, 5.41) is 11.8. The van der Waals surface area contributed by atoms with E-state index in [0.717, 1.165) is 4.90 Å². The van der Waals surface area contributed by atoms with Crippen molar-refractivity contribution in [3.63, 3.8) is 0 Å². The van der Waals surface area contributed by atoms with Gasteiger partial charge in [-0.15, -0.1) is 0 Å². The second-order valence-corrected chi connectivity index (χ2v) is 6.96. The topological polar surface area (TPSA) is 99.9 Å². The van der Waals surface area contributed by atoms with E-state index >= 15 is 0 Å². The van der Waals surface area contributed by atoms with Crippen LogP contribution in [0.1, 0.15) is 27.2 Å². The third-order valence-electron chi connectivity index (χ3n) is 4.99. The van der Waals surface area contributed by atoms with Crippen molar-refractivity contribution in [3.05, 3.63) is 88.6 Å². The summed E-state index contributed by atoms with van der Waals surface area (Å²) in [4.78, 5) is 37.1. The van der Waals surface area contributed by atoms with Crippen molar-refractivity contribution in [2.45, 2.75) is 13.5 Å². The lowest BCUT2D eigenvalue weighted by molar-refractivity contribution is -0.123. The number of nitrogens with zero attached hydrogens (tertiary/aromatic N) is 1. The number of carboxylic acids is 1. The molecule has 1 fully saturated rings. The van der Waals surface area contributed by atoms with Crippen LogP contribution in [0.2, 0.25) is 0 Å². The van der Waals surface area contributed by atoms with Crippen LogP contribution in [0, 0.1) is 12.7 Å². The van der Waals surface area contributed by atoms with Gasteiger partial charge in [0.1, 0.15) is 23.0 Å². The molecule has 1 aliphatic rings. The van der Waals surface area contributed by atoms with E-state index in [4.69, 9.17) is 4.42 Å². The molecule has 7 nitrogen and oxygen atoms in total. The van der Waals surface area contributed by atoms with Crippen LogP contribution >= 0.6 is 0 Å². The average molecular weight is 420 g/mol. The van der Waals surface area contributed by atoms with Crippen molar-refractivity contribution in [2.24, 2.45) is 0 Å². The molecule has 3 aromatic rings. The molecular formula is C23H17FN2O5. The number of benzene rings is 2. The molecule has 3 amide bonds. The predicted octanol–water partition coefficient (Wildman–Crippen LogP) is 4.19. The Morgan fingerprint density at radius 1 is 1.13 bits per heavy atom. The van der Waals surface area contributed by atoms with Gasteiger partial charge in [-0.2, -0.15) is 0 Å². The molecule has 1 aliphatic heterocycles. The van der Waals surface area contributed by atoms with Crippen LogP contribution in [0.3, 0.4) is 0 Å². The number of imide groups is 1. The molecule has 0 atom stereocenters. The molecule has 1 saturated heterocycles. The van der Waals surface area contributed by atoms with Gasteiger partial charge in [-0.3, -0.25) is 9.69 Å². The first kappa shape index (κ1) is 20.1. The number of nitrogens with one attached hydrogen (secondary N) is 1. The highest BCUT2D eigenvalue weighted by Crippen LogP contribution is 2.29. The molecule has 8 heteroatoms. The fourth-order valence-corrected chi connectivity index (χ4v) is 3.36. The molecule has 2 N–H and O–H groups in total. The zero-order valence-electron chi connectivity index (χ0n) is 16.4. The number of hydrogen-bond donors (Lipinski definition) is 2. The Kier molecular flexibility index (Phi) is 5.12. The number of urea groups is 1. The lowest BCUT2D eigenvalue weighted by Gasteiger charge is -2.12. The lowest BCUT2D eigenvalue weighted by Crippen LogP contribution is -2.30. The third-order valence-corrected chi connectivity index (χ3v) is 4.99. The van der Waals surface area contributed by atoms with E-state index < -0.39 is 23.7 Å². The number of carboxylic acid groups (broad SMARTS) is 1. The predicted molar refractivity (Wildman–Crippen MR) is 109 cm³/mol. The Morgan fingerprint density at radius 3 is 2.65 bits per heavy atom. The van der Waals surface area contributed by atoms with Gasteiger partial charge in [-0.05, 0) is 36.8 Å². The van der Waals surface area contributed by atoms with E-state index in [-0.39, 0.29) is 23.4 Å². The SMILES string of the molecule is Cc1c(C(=O)O)cccc1-c1ccc(C=C2NC(=O)N(Cc3ccccc3F)C2=O)o1. The van der Waals surface area contributed by atoms with Crippen molar-refractivity contribution in [3.8, 4) is 11.3 Å². The maximum atomic E-state index is 13.9. The first-order valence-electron chi connectivity index (χ1n) is 9.36. The minimum atomic E-state index is -1.04. The number of carbonyl (C=O) groups excluding carboxylic acids is 2. The summed E-state index contributed by atoms with van der Waals surface area (Å²) in [6.45, 7) is 1.49. The molecule has 4 rings (SSSR count). The van der Waals surface area contributed by atoms with Gasteiger partial charge < -0.3 is 14.8 Å². The quantitative estimate of drug-likeness (QED) is 0.476. The largest absolute Gasteiger partial charge is 0.478 e. The van der Waals surface area contributed by atoms with E-state index in [2.05, 4.69) is 5.32 Å². The Morgan fingerprint density at radius 2 is 1.90 bits per heavy atom. The third kappa shape index (κ3) is 3.83. The molecule has 2 heterocycles. The second kappa shape index (κ2) is 7.91. The van der Waals surface area contributed by atoms with Gasteiger partial charge in [0.05, 0.1) is 12.1 Å². The molecule has 156 valence electrons. The smallest absolute Gasteiger partial charge is 0.335 e. The first-order chi connectivity index (χ1) is 14.8. The molecule has 0 aliphatic carbocycles. The monoisotopic (exact) mass is 420 g/mol. The zero-order chi connectivity index (χ0) is 22.1. The van der Waals surface area contributed by atoms with Gasteiger partial charge in [-0.25, -0.2) is 14.0 Å². The number of furan rings is 1. The van der Waals surface area contributed by atoms with E-state index in [0.29, 0.717) is 22.6 Å². The van der Waals surface area contributed by atoms with E-state index in [1.807, 2.05) is 0 Å². The molecular weight excluding hydrogens is 403 g/mol. The van der Waals surface area contributed by atoms with Gasteiger partial charge in [0.15, 0.2) is 0 Å². The summed E-state index contributed by atoms with van der Waals surface area (Å²) in [6, 6.07) is 13.4. The number of rotatable bonds is 5. The zero-order valence-corrected chi connectivity index (χ0v) is 16.4. The fraction of sp³-hybridized carbons (Fsp3) is 0.0870. The molecule has 0 saturated carbocycles. The lowest BCUT2D eigenvalue weighted by atomic mass is 10.0. The maximum Gasteiger partial charge on any atom is 0.335 e. The number of aromatic carboxylic acids is 1. The number of halogens is 1. The standard InChI is InChI=1S/C23H17FN2O5/c1-13-16(6-4-7-17(13)22(28)29)20-10-9-15(31-20)11-19-21(27)26(23(30)25-19)12-14-5-2-3-8-18(14)24/h2-11H,12H2,1H3,(H,25,30)(H,28,29). The van der Waals surface area contributed by atoms with E-state index in [1.165, 1.54) is 30.3 Å². The second-order valence-electron chi connectivity index (χ2n) is 6.96. The molecule has 0 radical (unpaired) electrons. The van der Waals surface area contributed by atoms with Gasteiger partial charge in [0, 0.05) is 17.2 Å². The van der Waals surface area contributed by atoms with E-state index in [9.17, 15) is 23.9 Å². The normalized spacial score (nSPS) is 14.9. The van der Waals surface area contributed by atoms with Crippen LogP contribution in [0.25, 0.3) is 17.4 Å². The Labute approximate surface area is 176 Å². The summed E-state index contributed by atoms with van der Waals surface area (Å²) in [6.07, 6.45) is 1.38. The maximum absolute atomic E-state index is 13.9. The Balaban J connectivity index is 1.58. The first-order valence-corrected chi connectivity index (χ1v) is 9.36. The number of amides is 3. The van der Waals surface area contributed by atoms with Crippen molar-refractivity contribution >= 4 is 24.0 Å². The molecule has 0 bridgehead atoms. The van der Waals surface area contributed by atoms with Crippen LogP contribution in [0.5, 0.6) is 0 Å². The van der Waals surface area contributed by atoms with Crippen molar-refractivity contribution in [2.75, 3.05) is 0 Å². The summed E-state index contributed by atoms with van der Waals surface area (Å²) in [7, 11) is 0. The van der Waals surface area contributed by atoms with E-state index in [1.54, 1.807) is 37.3 Å². The highest BCUT2D eigenvalue weighted by Gasteiger charge is 2.34. The highest BCUT2D eigenvalue weighted by atomic mass is 19.1. The molecule has 1 aromatic heterocycles. The summed E-state index contributed by atoms with van der Waals surface area (Å²) < 4.78 is 19.6. The van der Waals surface area contributed by atoms with Crippen molar-refractivity contribution < 1.29 is 28.3 Å². The van der Waals surface area contributed by atoms with Gasteiger partial charge >= 0.3 is 12.0 Å². The minimum absolute atomic E-state index is 0.00162. The molecule has 31 heavy (non-hydrogen) atoms. The Bertz CT molecular complexity index is 1240. The molecule has 0 spiro atoms. The molecule has 0 unspecified atom stereocenters. The van der Waals surface area contributed by atoms with Crippen LogP contribution < -0.4 is 5.32 Å². The summed E-state index contributed by atoms with van der Waals surface area (Å²) in [5.41, 5.74) is 1.53. The average Bonchev–Trinajstić information content (AvgIpc) is 3.29. The summed E-state index contributed by atoms with van der Waals surface area (Å²) in [5.74, 6) is -1.42. The van der Waals surface area contributed by atoms with Crippen LogP contribution in [0.4, 0.5) is 9.18 Å². The van der Waals surface area contributed by atoms with Crippen LogP contribution in [-0.2, 0) is 11.3 Å².